The maximum Gasteiger partial charge on any atom is 0.298 e. The zero-order valence-corrected chi connectivity index (χ0v) is 7.98. The minimum absolute atomic E-state index is 0.0950. The fourth-order valence-corrected chi connectivity index (χ4v) is 1.07. The van der Waals surface area contributed by atoms with Gasteiger partial charge in [0.15, 0.2) is 5.71 Å². The zero-order chi connectivity index (χ0) is 10.7. The summed E-state index contributed by atoms with van der Waals surface area (Å²) in [5.41, 5.74) is 1.44. The number of hydrogen-bond donors (Lipinski definition) is 0. The lowest BCUT2D eigenvalue weighted by molar-refractivity contribution is -0.415. The highest BCUT2D eigenvalue weighted by Gasteiger charge is 2.26. The third-order valence-electron chi connectivity index (χ3n) is 1.87. The summed E-state index contributed by atoms with van der Waals surface area (Å²) >= 11 is 0. The van der Waals surface area contributed by atoms with Crippen LogP contribution in [0.1, 0.15) is 6.92 Å². The van der Waals surface area contributed by atoms with Crippen LogP contribution in [0.3, 0.4) is 0 Å². The van der Waals surface area contributed by atoms with E-state index in [9.17, 15) is 10.1 Å². The molecule has 0 aromatic carbocycles. The SMILES string of the molecule is C=C1C(C)=CC=C([N+](=O)[O-])/C1=N/OC. The Balaban J connectivity index is 3.20. The van der Waals surface area contributed by atoms with E-state index in [1.807, 2.05) is 0 Å². The van der Waals surface area contributed by atoms with Crippen LogP contribution in [-0.2, 0) is 4.84 Å². The van der Waals surface area contributed by atoms with Crippen molar-refractivity contribution >= 4 is 5.71 Å². The predicted molar refractivity (Wildman–Crippen MR) is 52.4 cm³/mol. The van der Waals surface area contributed by atoms with Crippen molar-refractivity contribution in [3.8, 4) is 0 Å². The first kappa shape index (κ1) is 10.2. The van der Waals surface area contributed by atoms with Gasteiger partial charge in [-0.3, -0.25) is 10.1 Å². The Morgan fingerprint density at radius 3 is 2.71 bits per heavy atom. The molecule has 0 radical (unpaired) electrons. The van der Waals surface area contributed by atoms with Gasteiger partial charge < -0.3 is 4.84 Å². The summed E-state index contributed by atoms with van der Waals surface area (Å²) in [6.07, 6.45) is 3.02. The second kappa shape index (κ2) is 3.87. The second-order valence-corrected chi connectivity index (χ2v) is 2.76. The summed E-state index contributed by atoms with van der Waals surface area (Å²) in [5, 5.41) is 14.2. The molecule has 0 N–H and O–H groups in total. The quantitative estimate of drug-likeness (QED) is 0.496. The van der Waals surface area contributed by atoms with Gasteiger partial charge in [-0.15, -0.1) is 0 Å². The lowest BCUT2D eigenvalue weighted by Gasteiger charge is -2.10. The van der Waals surface area contributed by atoms with Crippen molar-refractivity contribution in [2.45, 2.75) is 6.92 Å². The van der Waals surface area contributed by atoms with Gasteiger partial charge in [0, 0.05) is 11.6 Å². The average molecular weight is 194 g/mol. The molecular weight excluding hydrogens is 184 g/mol. The normalized spacial score (nSPS) is 19.0. The topological polar surface area (TPSA) is 64.7 Å². The zero-order valence-electron chi connectivity index (χ0n) is 7.98. The van der Waals surface area contributed by atoms with E-state index in [2.05, 4.69) is 16.6 Å². The summed E-state index contributed by atoms with van der Waals surface area (Å²) in [6.45, 7) is 5.51. The van der Waals surface area contributed by atoms with Crippen LogP contribution in [0.4, 0.5) is 0 Å². The molecule has 74 valence electrons. The highest BCUT2D eigenvalue weighted by atomic mass is 16.6. The van der Waals surface area contributed by atoms with E-state index in [1.54, 1.807) is 13.0 Å². The Morgan fingerprint density at radius 2 is 2.21 bits per heavy atom. The lowest BCUT2D eigenvalue weighted by Crippen LogP contribution is -2.17. The van der Waals surface area contributed by atoms with Crippen molar-refractivity contribution in [3.63, 3.8) is 0 Å². The molecule has 0 spiro atoms. The largest absolute Gasteiger partial charge is 0.398 e. The average Bonchev–Trinajstić information content (AvgIpc) is 2.13. The highest BCUT2D eigenvalue weighted by molar-refractivity contribution is 6.14. The molecule has 0 atom stereocenters. The van der Waals surface area contributed by atoms with Crippen molar-refractivity contribution in [2.75, 3.05) is 7.11 Å². The van der Waals surface area contributed by atoms with E-state index in [4.69, 9.17) is 0 Å². The minimum atomic E-state index is -0.508. The molecule has 0 aromatic rings. The Morgan fingerprint density at radius 1 is 1.57 bits per heavy atom. The highest BCUT2D eigenvalue weighted by Crippen LogP contribution is 2.20. The summed E-state index contributed by atoms with van der Waals surface area (Å²) in [5.74, 6) is 0. The van der Waals surface area contributed by atoms with Gasteiger partial charge >= 0.3 is 0 Å². The number of oxime groups is 1. The molecule has 0 fully saturated rings. The van der Waals surface area contributed by atoms with Gasteiger partial charge in [-0.25, -0.2) is 0 Å². The molecule has 0 unspecified atom stereocenters. The van der Waals surface area contributed by atoms with Crippen molar-refractivity contribution in [1.82, 2.24) is 0 Å². The maximum absolute atomic E-state index is 10.6. The molecule has 0 aliphatic heterocycles. The van der Waals surface area contributed by atoms with E-state index < -0.39 is 4.92 Å². The van der Waals surface area contributed by atoms with Crippen LogP contribution in [0.5, 0.6) is 0 Å². The van der Waals surface area contributed by atoms with Gasteiger partial charge in [0.2, 0.25) is 0 Å². The van der Waals surface area contributed by atoms with Gasteiger partial charge in [-0.2, -0.15) is 0 Å². The molecule has 0 saturated carbocycles. The number of allylic oxidation sites excluding steroid dienone is 4. The van der Waals surface area contributed by atoms with Crippen LogP contribution >= 0.6 is 0 Å². The van der Waals surface area contributed by atoms with Gasteiger partial charge in [0.25, 0.3) is 5.70 Å². The van der Waals surface area contributed by atoms with Crippen LogP contribution in [-0.4, -0.2) is 17.7 Å². The Bertz CT molecular complexity index is 378. The van der Waals surface area contributed by atoms with Gasteiger partial charge in [0.1, 0.15) is 7.11 Å². The third kappa shape index (κ3) is 1.71. The predicted octanol–water partition coefficient (Wildman–Crippen LogP) is 1.67. The Hall–Kier alpha value is -1.91. The molecule has 14 heavy (non-hydrogen) atoms. The van der Waals surface area contributed by atoms with Crippen molar-refractivity contribution < 1.29 is 9.76 Å². The number of nitrogens with zero attached hydrogens (tertiary/aromatic N) is 2. The first-order valence-electron chi connectivity index (χ1n) is 3.92. The molecule has 1 rings (SSSR count). The van der Waals surface area contributed by atoms with Crippen molar-refractivity contribution in [2.24, 2.45) is 5.16 Å². The van der Waals surface area contributed by atoms with E-state index in [-0.39, 0.29) is 11.4 Å². The van der Waals surface area contributed by atoms with Crippen LogP contribution < -0.4 is 0 Å². The van der Waals surface area contributed by atoms with Gasteiger partial charge in [-0.05, 0) is 12.5 Å². The molecule has 0 amide bonds. The van der Waals surface area contributed by atoms with Gasteiger partial charge in [-0.1, -0.05) is 17.8 Å². The molecule has 5 heteroatoms. The molecule has 0 aromatic heterocycles. The molecule has 1 aliphatic rings. The first-order chi connectivity index (χ1) is 6.57. The van der Waals surface area contributed by atoms with E-state index in [0.717, 1.165) is 5.57 Å². The Labute approximate surface area is 81.2 Å². The van der Waals surface area contributed by atoms with Crippen LogP contribution in [0.25, 0.3) is 0 Å². The maximum atomic E-state index is 10.6. The molecule has 5 nitrogen and oxygen atoms in total. The lowest BCUT2D eigenvalue weighted by atomic mass is 9.97. The first-order valence-corrected chi connectivity index (χ1v) is 3.92. The fraction of sp³-hybridized carbons (Fsp3) is 0.222. The molecule has 0 bridgehead atoms. The van der Waals surface area contributed by atoms with Crippen LogP contribution in [0.15, 0.2) is 40.7 Å². The monoisotopic (exact) mass is 194 g/mol. The standard InChI is InChI=1S/C9H10N2O3/c1-6-4-5-8(11(12)13)9(7(6)2)10-14-3/h4-5H,2H2,1,3H3/b10-9+. The minimum Gasteiger partial charge on any atom is -0.398 e. The fourth-order valence-electron chi connectivity index (χ4n) is 1.07. The van der Waals surface area contributed by atoms with E-state index in [0.29, 0.717) is 5.57 Å². The summed E-state index contributed by atoms with van der Waals surface area (Å²) in [7, 11) is 1.34. The number of hydrogen-bond acceptors (Lipinski definition) is 4. The molecular formula is C9H10N2O3. The Kier molecular flexibility index (Phi) is 2.81. The number of rotatable bonds is 2. The van der Waals surface area contributed by atoms with Crippen LogP contribution in [0.2, 0.25) is 0 Å². The van der Waals surface area contributed by atoms with Gasteiger partial charge in [0.05, 0.1) is 4.92 Å². The summed E-state index contributed by atoms with van der Waals surface area (Å²) in [4.78, 5) is 14.6. The smallest absolute Gasteiger partial charge is 0.298 e. The number of nitro groups is 1. The molecule has 1 aliphatic carbocycles. The van der Waals surface area contributed by atoms with Crippen molar-refractivity contribution in [3.05, 3.63) is 45.7 Å². The molecule has 0 heterocycles. The summed E-state index contributed by atoms with van der Waals surface area (Å²) in [6, 6.07) is 0. The van der Waals surface area contributed by atoms with Crippen LogP contribution in [0, 0.1) is 10.1 Å². The van der Waals surface area contributed by atoms with Crippen molar-refractivity contribution in [1.29, 1.82) is 0 Å². The molecule has 0 saturated heterocycles. The third-order valence-corrected chi connectivity index (χ3v) is 1.87. The second-order valence-electron chi connectivity index (χ2n) is 2.76. The summed E-state index contributed by atoms with van der Waals surface area (Å²) < 4.78 is 0. The van der Waals surface area contributed by atoms with E-state index in [1.165, 1.54) is 13.2 Å². The van der Waals surface area contributed by atoms with E-state index >= 15 is 0 Å².